The summed E-state index contributed by atoms with van der Waals surface area (Å²) in [6, 6.07) is 0. The van der Waals surface area contributed by atoms with Crippen LogP contribution in [0.25, 0.3) is 0 Å². The first-order valence-corrected chi connectivity index (χ1v) is 4.02. The summed E-state index contributed by atoms with van der Waals surface area (Å²) in [5.41, 5.74) is -1.34. The lowest BCUT2D eigenvalue weighted by Gasteiger charge is -2.24. The van der Waals surface area contributed by atoms with Gasteiger partial charge >= 0.3 is 0 Å². The number of nitrogens with zero attached hydrogens (tertiary/aromatic N) is 1. The van der Waals surface area contributed by atoms with E-state index in [2.05, 4.69) is 17.6 Å². The molecular formula is C9H13NO3. The molecule has 0 aromatic carbocycles. The Kier molecular flexibility index (Phi) is 2.71. The van der Waals surface area contributed by atoms with Gasteiger partial charge in [-0.1, -0.05) is 5.92 Å². The van der Waals surface area contributed by atoms with Crippen LogP contribution in [-0.2, 0) is 4.74 Å². The van der Waals surface area contributed by atoms with Gasteiger partial charge in [-0.05, 0) is 13.6 Å². The Hall–Kier alpha value is -0.890. The third-order valence-corrected chi connectivity index (χ3v) is 2.38. The van der Waals surface area contributed by atoms with E-state index in [1.807, 2.05) is 0 Å². The molecule has 1 aliphatic rings. The fourth-order valence-corrected chi connectivity index (χ4v) is 1.54. The number of hydrogen-bond donors (Lipinski definition) is 2. The molecule has 4 atom stereocenters. The van der Waals surface area contributed by atoms with Crippen LogP contribution in [0.2, 0.25) is 0 Å². The predicted molar refractivity (Wildman–Crippen MR) is 48.2 cm³/mol. The Bertz CT molecular complexity index is 248. The number of rotatable bonds is 2. The zero-order chi connectivity index (χ0) is 10.1. The summed E-state index contributed by atoms with van der Waals surface area (Å²) >= 11 is 0. The monoisotopic (exact) mass is 183 g/mol. The van der Waals surface area contributed by atoms with E-state index < -0.39 is 24.4 Å². The predicted octanol–water partition coefficient (Wildman–Crippen LogP) is -0.595. The first-order chi connectivity index (χ1) is 6.11. The molecular weight excluding hydrogens is 170 g/mol. The molecule has 1 saturated heterocycles. The Balaban J connectivity index is 2.95. The molecule has 0 aliphatic carbocycles. The molecule has 1 heterocycles. The van der Waals surface area contributed by atoms with Gasteiger partial charge in [0.1, 0.15) is 6.10 Å². The highest BCUT2D eigenvalue weighted by Crippen LogP contribution is 2.35. The van der Waals surface area contributed by atoms with Gasteiger partial charge in [0.2, 0.25) is 5.72 Å². The smallest absolute Gasteiger partial charge is 0.208 e. The summed E-state index contributed by atoms with van der Waals surface area (Å²) in [5, 5.41) is 18.7. The van der Waals surface area contributed by atoms with Gasteiger partial charge in [0.15, 0.2) is 0 Å². The van der Waals surface area contributed by atoms with Crippen LogP contribution in [0.5, 0.6) is 0 Å². The van der Waals surface area contributed by atoms with Crippen molar-refractivity contribution in [1.82, 2.24) is 0 Å². The van der Waals surface area contributed by atoms with Crippen molar-refractivity contribution in [2.24, 2.45) is 10.9 Å². The zero-order valence-corrected chi connectivity index (χ0v) is 7.47. The highest BCUT2D eigenvalue weighted by molar-refractivity contribution is 5.27. The number of aliphatic hydroxyl groups is 2. The molecule has 0 radical (unpaired) electrons. The Labute approximate surface area is 77.2 Å². The minimum absolute atomic E-state index is 0.322. The van der Waals surface area contributed by atoms with E-state index in [0.29, 0.717) is 0 Å². The molecule has 1 rings (SSSR count). The minimum atomic E-state index is -1.34. The lowest BCUT2D eigenvalue weighted by molar-refractivity contribution is -0.101. The van der Waals surface area contributed by atoms with E-state index in [4.69, 9.17) is 16.3 Å². The summed E-state index contributed by atoms with van der Waals surface area (Å²) in [5.74, 6) is 1.97. The number of terminal acetylenes is 1. The third-order valence-electron chi connectivity index (χ3n) is 2.38. The van der Waals surface area contributed by atoms with Gasteiger partial charge in [-0.25, -0.2) is 0 Å². The fraction of sp³-hybridized carbons (Fsp3) is 0.667. The molecule has 0 saturated carbocycles. The Morgan fingerprint density at radius 1 is 1.77 bits per heavy atom. The van der Waals surface area contributed by atoms with E-state index >= 15 is 0 Å². The molecule has 72 valence electrons. The van der Waals surface area contributed by atoms with E-state index in [9.17, 15) is 5.11 Å². The topological polar surface area (TPSA) is 62.0 Å². The molecule has 4 nitrogen and oxygen atoms in total. The molecule has 4 heteroatoms. The molecule has 0 bridgehead atoms. The average molecular weight is 183 g/mol. The highest BCUT2D eigenvalue weighted by atomic mass is 16.6. The summed E-state index contributed by atoms with van der Waals surface area (Å²) < 4.78 is 5.29. The van der Waals surface area contributed by atoms with E-state index in [-0.39, 0.29) is 6.10 Å². The van der Waals surface area contributed by atoms with Crippen LogP contribution in [0.1, 0.15) is 6.92 Å². The lowest BCUT2D eigenvalue weighted by atomic mass is 9.95. The molecule has 0 unspecified atom stereocenters. The van der Waals surface area contributed by atoms with Gasteiger partial charge in [0, 0.05) is 0 Å². The first-order valence-electron chi connectivity index (χ1n) is 4.02. The van der Waals surface area contributed by atoms with Crippen LogP contribution in [0.15, 0.2) is 4.99 Å². The minimum Gasteiger partial charge on any atom is -0.391 e. The number of aliphatic imine (C=N–C) groups is 1. The Morgan fingerprint density at radius 2 is 2.38 bits per heavy atom. The quantitative estimate of drug-likeness (QED) is 0.444. The van der Waals surface area contributed by atoms with Crippen molar-refractivity contribution >= 4 is 6.72 Å². The molecule has 2 N–H and O–H groups in total. The van der Waals surface area contributed by atoms with Crippen molar-refractivity contribution in [2.45, 2.75) is 24.9 Å². The normalized spacial score (nSPS) is 44.3. The highest BCUT2D eigenvalue weighted by Gasteiger charge is 2.51. The molecule has 13 heavy (non-hydrogen) atoms. The van der Waals surface area contributed by atoms with Gasteiger partial charge in [0.25, 0.3) is 0 Å². The molecule has 1 aliphatic heterocycles. The maximum atomic E-state index is 9.71. The SMILES string of the molecule is C#C[C@@H]1[C@H](C)O[C@@](CO)(N=C)[C@H]1O. The Morgan fingerprint density at radius 3 is 2.62 bits per heavy atom. The van der Waals surface area contributed by atoms with Crippen molar-refractivity contribution in [3.8, 4) is 12.3 Å². The van der Waals surface area contributed by atoms with Crippen molar-refractivity contribution in [1.29, 1.82) is 0 Å². The van der Waals surface area contributed by atoms with Gasteiger partial charge in [-0.2, -0.15) is 0 Å². The maximum Gasteiger partial charge on any atom is 0.208 e. The number of ether oxygens (including phenoxy) is 1. The zero-order valence-electron chi connectivity index (χ0n) is 7.47. The van der Waals surface area contributed by atoms with Crippen LogP contribution < -0.4 is 0 Å². The van der Waals surface area contributed by atoms with Crippen LogP contribution >= 0.6 is 0 Å². The molecule has 0 spiro atoms. The number of aliphatic hydroxyl groups excluding tert-OH is 2. The molecule has 1 fully saturated rings. The van der Waals surface area contributed by atoms with Crippen molar-refractivity contribution in [2.75, 3.05) is 6.61 Å². The molecule has 0 aromatic rings. The number of hydrogen-bond acceptors (Lipinski definition) is 4. The summed E-state index contributed by atoms with van der Waals surface area (Å²) in [7, 11) is 0. The molecule has 0 amide bonds. The summed E-state index contributed by atoms with van der Waals surface area (Å²) in [6.45, 7) is 4.59. The van der Waals surface area contributed by atoms with Gasteiger partial charge in [-0.3, -0.25) is 4.99 Å². The maximum absolute atomic E-state index is 9.71. The fourth-order valence-electron chi connectivity index (χ4n) is 1.54. The third kappa shape index (κ3) is 1.35. The standard InChI is InChI=1S/C9H13NO3/c1-4-7-6(2)13-9(5-11,10-3)8(7)12/h1,6-8,11-12H,3,5H2,2H3/t6-,7+,8-,9+/m0/s1. The van der Waals surface area contributed by atoms with E-state index in [0.717, 1.165) is 0 Å². The second kappa shape index (κ2) is 3.46. The van der Waals surface area contributed by atoms with Gasteiger partial charge < -0.3 is 14.9 Å². The largest absolute Gasteiger partial charge is 0.391 e. The van der Waals surface area contributed by atoms with Crippen LogP contribution in [0.3, 0.4) is 0 Å². The summed E-state index contributed by atoms with van der Waals surface area (Å²) in [6.07, 6.45) is 3.90. The van der Waals surface area contributed by atoms with Gasteiger partial charge in [-0.15, -0.1) is 6.42 Å². The average Bonchev–Trinajstić information content (AvgIpc) is 2.38. The first kappa shape index (κ1) is 10.2. The van der Waals surface area contributed by atoms with Crippen LogP contribution in [-0.4, -0.2) is 41.5 Å². The van der Waals surface area contributed by atoms with E-state index in [1.54, 1.807) is 6.92 Å². The lowest BCUT2D eigenvalue weighted by Crippen LogP contribution is -2.42. The van der Waals surface area contributed by atoms with Gasteiger partial charge in [0.05, 0.1) is 18.6 Å². The second-order valence-corrected chi connectivity index (χ2v) is 3.12. The van der Waals surface area contributed by atoms with Crippen molar-refractivity contribution in [3.63, 3.8) is 0 Å². The second-order valence-electron chi connectivity index (χ2n) is 3.12. The van der Waals surface area contributed by atoms with Crippen LogP contribution in [0, 0.1) is 18.3 Å². The van der Waals surface area contributed by atoms with Crippen molar-refractivity contribution in [3.05, 3.63) is 0 Å². The summed E-state index contributed by atoms with van der Waals surface area (Å²) in [4.78, 5) is 3.60. The van der Waals surface area contributed by atoms with Crippen LogP contribution in [0.4, 0.5) is 0 Å². The van der Waals surface area contributed by atoms with Crippen molar-refractivity contribution < 1.29 is 14.9 Å². The molecule has 0 aromatic heterocycles. The van der Waals surface area contributed by atoms with E-state index in [1.165, 1.54) is 0 Å².